The molecule has 5 nitrogen and oxygen atoms in total. The number of nitrogens with zero attached hydrogens (tertiary/aromatic N) is 1. The highest BCUT2D eigenvalue weighted by molar-refractivity contribution is 6.30. The molecule has 0 N–H and O–H groups in total. The number of halogens is 1. The van der Waals surface area contributed by atoms with Gasteiger partial charge in [0.05, 0.1) is 5.69 Å². The first-order valence-corrected chi connectivity index (χ1v) is 8.53. The Morgan fingerprint density at radius 3 is 2.84 bits per heavy atom. The second-order valence-electron chi connectivity index (χ2n) is 6.01. The molecule has 128 valence electrons. The van der Waals surface area contributed by atoms with Crippen LogP contribution in [-0.4, -0.2) is 23.8 Å². The molecule has 0 saturated carbocycles. The summed E-state index contributed by atoms with van der Waals surface area (Å²) in [4.78, 5) is 12.0. The Morgan fingerprint density at radius 1 is 1.24 bits per heavy atom. The largest absolute Gasteiger partial charge is 0.424 e. The van der Waals surface area contributed by atoms with Gasteiger partial charge in [0.1, 0.15) is 5.75 Å². The van der Waals surface area contributed by atoms with Gasteiger partial charge in [0.2, 0.25) is 0 Å². The van der Waals surface area contributed by atoms with E-state index in [1.807, 2.05) is 30.3 Å². The van der Waals surface area contributed by atoms with E-state index in [9.17, 15) is 4.79 Å². The molecule has 4 rings (SSSR count). The molecule has 1 aliphatic rings. The Bertz CT molecular complexity index is 897. The number of hydrogen-bond donors (Lipinski definition) is 0. The summed E-state index contributed by atoms with van der Waals surface area (Å²) < 4.78 is 16.1. The highest BCUT2D eigenvalue weighted by atomic mass is 35.5. The fourth-order valence-corrected chi connectivity index (χ4v) is 3.03. The third-order valence-corrected chi connectivity index (χ3v) is 4.47. The molecule has 1 aromatic heterocycles. The van der Waals surface area contributed by atoms with Crippen LogP contribution >= 0.6 is 11.6 Å². The van der Waals surface area contributed by atoms with Crippen LogP contribution in [-0.2, 0) is 16.0 Å². The number of fused-ring (bicyclic) bond motifs is 1. The van der Waals surface area contributed by atoms with Gasteiger partial charge in [0.15, 0.2) is 11.7 Å². The van der Waals surface area contributed by atoms with E-state index < -0.39 is 6.10 Å². The van der Waals surface area contributed by atoms with Crippen molar-refractivity contribution in [3.05, 3.63) is 58.7 Å². The van der Waals surface area contributed by atoms with E-state index in [1.165, 1.54) is 0 Å². The molecule has 0 radical (unpaired) electrons. The van der Waals surface area contributed by atoms with Crippen molar-refractivity contribution in [1.82, 2.24) is 5.16 Å². The predicted molar refractivity (Wildman–Crippen MR) is 92.9 cm³/mol. The van der Waals surface area contributed by atoms with Gasteiger partial charge in [0, 0.05) is 29.5 Å². The molecule has 0 amide bonds. The van der Waals surface area contributed by atoms with Crippen LogP contribution in [0.5, 0.6) is 5.75 Å². The monoisotopic (exact) mass is 357 g/mol. The van der Waals surface area contributed by atoms with E-state index in [0.717, 1.165) is 23.1 Å². The van der Waals surface area contributed by atoms with Crippen molar-refractivity contribution >= 4 is 28.5 Å². The summed E-state index contributed by atoms with van der Waals surface area (Å²) in [6.07, 6.45) is 1.76. The number of rotatable bonds is 4. The zero-order valence-corrected chi connectivity index (χ0v) is 14.2. The molecule has 1 atom stereocenters. The Hall–Kier alpha value is -2.37. The van der Waals surface area contributed by atoms with Gasteiger partial charge in [0.25, 0.3) is 0 Å². The lowest BCUT2D eigenvalue weighted by molar-refractivity contribution is -0.144. The minimum Gasteiger partial charge on any atom is -0.424 e. The van der Waals surface area contributed by atoms with Crippen molar-refractivity contribution < 1.29 is 18.8 Å². The SMILES string of the molecule is O=C(Oc1ccc2c(Cc3ccc(Cl)cc3)noc2c1)C1CCCO1. The summed E-state index contributed by atoms with van der Waals surface area (Å²) in [5, 5.41) is 5.73. The summed E-state index contributed by atoms with van der Waals surface area (Å²) in [5.74, 6) is 0.0694. The van der Waals surface area contributed by atoms with Gasteiger partial charge in [-0.05, 0) is 42.7 Å². The molecule has 0 bridgehead atoms. The van der Waals surface area contributed by atoms with E-state index >= 15 is 0 Å². The Morgan fingerprint density at radius 2 is 2.08 bits per heavy atom. The van der Waals surface area contributed by atoms with Crippen LogP contribution in [0.25, 0.3) is 11.0 Å². The van der Waals surface area contributed by atoms with Crippen molar-refractivity contribution in [2.75, 3.05) is 6.61 Å². The summed E-state index contributed by atoms with van der Waals surface area (Å²) in [6.45, 7) is 0.606. The van der Waals surface area contributed by atoms with Gasteiger partial charge in [-0.25, -0.2) is 4.79 Å². The first-order chi connectivity index (χ1) is 12.2. The average molecular weight is 358 g/mol. The summed E-state index contributed by atoms with van der Waals surface area (Å²) in [6, 6.07) is 12.9. The van der Waals surface area contributed by atoms with E-state index in [-0.39, 0.29) is 5.97 Å². The van der Waals surface area contributed by atoms with Crippen molar-refractivity contribution in [3.8, 4) is 5.75 Å². The summed E-state index contributed by atoms with van der Waals surface area (Å²) in [7, 11) is 0. The normalized spacial score (nSPS) is 17.1. The maximum Gasteiger partial charge on any atom is 0.340 e. The first kappa shape index (κ1) is 16.1. The highest BCUT2D eigenvalue weighted by Gasteiger charge is 2.25. The topological polar surface area (TPSA) is 61.6 Å². The van der Waals surface area contributed by atoms with Gasteiger partial charge in [-0.3, -0.25) is 0 Å². The van der Waals surface area contributed by atoms with E-state index in [2.05, 4.69) is 5.16 Å². The van der Waals surface area contributed by atoms with Crippen molar-refractivity contribution in [1.29, 1.82) is 0 Å². The minimum atomic E-state index is -0.467. The Kier molecular flexibility index (Phi) is 4.42. The van der Waals surface area contributed by atoms with E-state index in [1.54, 1.807) is 12.1 Å². The van der Waals surface area contributed by atoms with Gasteiger partial charge in [-0.2, -0.15) is 0 Å². The fourth-order valence-electron chi connectivity index (χ4n) is 2.90. The molecule has 1 unspecified atom stereocenters. The average Bonchev–Trinajstić information content (AvgIpc) is 3.27. The molecular formula is C19H16ClNO4. The van der Waals surface area contributed by atoms with Crippen LogP contribution in [0.2, 0.25) is 5.02 Å². The van der Waals surface area contributed by atoms with Crippen molar-refractivity contribution in [2.45, 2.75) is 25.4 Å². The molecule has 2 aromatic carbocycles. The molecular weight excluding hydrogens is 342 g/mol. The van der Waals surface area contributed by atoms with Gasteiger partial charge < -0.3 is 14.0 Å². The van der Waals surface area contributed by atoms with Crippen LogP contribution in [0.4, 0.5) is 0 Å². The number of carbonyl (C=O) groups is 1. The molecule has 1 fully saturated rings. The van der Waals surface area contributed by atoms with Crippen molar-refractivity contribution in [3.63, 3.8) is 0 Å². The van der Waals surface area contributed by atoms with Crippen LogP contribution < -0.4 is 4.74 Å². The van der Waals surface area contributed by atoms with Gasteiger partial charge in [-0.15, -0.1) is 0 Å². The molecule has 2 heterocycles. The lowest BCUT2D eigenvalue weighted by Gasteiger charge is -2.08. The summed E-state index contributed by atoms with van der Waals surface area (Å²) >= 11 is 5.91. The minimum absolute atomic E-state index is 0.363. The lowest BCUT2D eigenvalue weighted by Crippen LogP contribution is -2.24. The Labute approximate surface area is 149 Å². The third-order valence-electron chi connectivity index (χ3n) is 4.21. The molecule has 1 saturated heterocycles. The predicted octanol–water partition coefficient (Wildman–Crippen LogP) is 4.16. The second-order valence-corrected chi connectivity index (χ2v) is 6.45. The number of carbonyl (C=O) groups excluding carboxylic acids is 1. The second kappa shape index (κ2) is 6.86. The number of aromatic nitrogens is 1. The smallest absolute Gasteiger partial charge is 0.340 e. The molecule has 1 aliphatic heterocycles. The fraction of sp³-hybridized carbons (Fsp3) is 0.263. The van der Waals surface area contributed by atoms with E-state index in [4.69, 9.17) is 25.6 Å². The molecule has 3 aromatic rings. The summed E-state index contributed by atoms with van der Waals surface area (Å²) in [5.41, 5.74) is 2.50. The molecule has 25 heavy (non-hydrogen) atoms. The zero-order chi connectivity index (χ0) is 17.2. The number of esters is 1. The third kappa shape index (κ3) is 3.52. The lowest BCUT2D eigenvalue weighted by atomic mass is 10.1. The molecule has 0 spiro atoms. The molecule has 6 heteroatoms. The Balaban J connectivity index is 1.52. The van der Waals surface area contributed by atoms with E-state index in [0.29, 0.717) is 35.8 Å². The highest BCUT2D eigenvalue weighted by Crippen LogP contribution is 2.26. The van der Waals surface area contributed by atoms with Crippen LogP contribution in [0.1, 0.15) is 24.1 Å². The maximum absolute atomic E-state index is 12.0. The van der Waals surface area contributed by atoms with Crippen LogP contribution in [0.15, 0.2) is 47.0 Å². The van der Waals surface area contributed by atoms with Crippen LogP contribution in [0, 0.1) is 0 Å². The molecule has 0 aliphatic carbocycles. The number of hydrogen-bond acceptors (Lipinski definition) is 5. The number of ether oxygens (including phenoxy) is 2. The standard InChI is InChI=1S/C19H16ClNO4/c20-13-5-3-12(4-6-13)10-16-15-8-7-14(11-18(15)25-21-16)24-19(22)17-2-1-9-23-17/h3-8,11,17H,1-2,9-10H2. The van der Waals surface area contributed by atoms with Crippen LogP contribution in [0.3, 0.4) is 0 Å². The van der Waals surface area contributed by atoms with Crippen molar-refractivity contribution in [2.24, 2.45) is 0 Å². The number of benzene rings is 2. The quantitative estimate of drug-likeness (QED) is 0.518. The first-order valence-electron chi connectivity index (χ1n) is 8.15. The van der Waals surface area contributed by atoms with Gasteiger partial charge >= 0.3 is 5.97 Å². The van der Waals surface area contributed by atoms with Gasteiger partial charge in [-0.1, -0.05) is 28.9 Å². The maximum atomic E-state index is 12.0. The zero-order valence-electron chi connectivity index (χ0n) is 13.4.